The summed E-state index contributed by atoms with van der Waals surface area (Å²) in [5.74, 6) is 1.32. The minimum absolute atomic E-state index is 0.0389. The van der Waals surface area contributed by atoms with Gasteiger partial charge in [-0.25, -0.2) is 0 Å². The molecule has 0 saturated carbocycles. The Morgan fingerprint density at radius 2 is 2.33 bits per heavy atom. The first-order valence-corrected chi connectivity index (χ1v) is 6.67. The first-order valence-electron chi connectivity index (χ1n) is 6.29. The third kappa shape index (κ3) is 3.16. The number of rotatable bonds is 4. The van der Waals surface area contributed by atoms with E-state index in [4.69, 9.17) is 16.3 Å². The van der Waals surface area contributed by atoms with Crippen LogP contribution in [0.2, 0.25) is 5.02 Å². The van der Waals surface area contributed by atoms with Crippen LogP contribution in [0.25, 0.3) is 0 Å². The highest BCUT2D eigenvalue weighted by Crippen LogP contribution is 2.31. The van der Waals surface area contributed by atoms with Gasteiger partial charge in [0.25, 0.3) is 5.91 Å². The molecule has 0 unspecified atom stereocenters. The van der Waals surface area contributed by atoms with Crippen molar-refractivity contribution in [3.05, 3.63) is 28.8 Å². The Bertz CT molecular complexity index is 445. The van der Waals surface area contributed by atoms with Crippen LogP contribution in [0.15, 0.2) is 18.2 Å². The van der Waals surface area contributed by atoms with E-state index in [9.17, 15) is 4.79 Å². The molecule has 0 spiro atoms. The van der Waals surface area contributed by atoms with Gasteiger partial charge in [-0.15, -0.1) is 0 Å². The van der Waals surface area contributed by atoms with Gasteiger partial charge in [0.1, 0.15) is 5.75 Å². The van der Waals surface area contributed by atoms with Gasteiger partial charge in [-0.05, 0) is 36.1 Å². The van der Waals surface area contributed by atoms with Gasteiger partial charge < -0.3 is 10.1 Å². The summed E-state index contributed by atoms with van der Waals surface area (Å²) in [5, 5.41) is 3.59. The fraction of sp³-hybridized carbons (Fsp3) is 0.500. The standard InChI is InChI=1S/C14H18ClNO2/c1-9(2)5-6-16-14(17)13-8-10-7-11(15)3-4-12(10)18-13/h3-4,7,9,13H,5-6,8H2,1-2H3,(H,16,17)/t13-/m1/s1. The first kappa shape index (κ1) is 13.2. The molecule has 0 saturated heterocycles. The fourth-order valence-corrected chi connectivity index (χ4v) is 2.16. The third-order valence-corrected chi connectivity index (χ3v) is 3.25. The molecular formula is C14H18ClNO2. The van der Waals surface area contributed by atoms with Gasteiger partial charge in [0, 0.05) is 18.0 Å². The Morgan fingerprint density at radius 3 is 3.06 bits per heavy atom. The minimum Gasteiger partial charge on any atom is -0.480 e. The maximum Gasteiger partial charge on any atom is 0.261 e. The Hall–Kier alpha value is -1.22. The van der Waals surface area contributed by atoms with Crippen LogP contribution in [0, 0.1) is 5.92 Å². The summed E-state index contributed by atoms with van der Waals surface area (Å²) in [5.41, 5.74) is 1.01. The number of fused-ring (bicyclic) bond motifs is 1. The van der Waals surface area contributed by atoms with E-state index < -0.39 is 6.10 Å². The summed E-state index contributed by atoms with van der Waals surface area (Å²) < 4.78 is 5.61. The van der Waals surface area contributed by atoms with Crippen LogP contribution in [-0.2, 0) is 11.2 Å². The number of amides is 1. The van der Waals surface area contributed by atoms with Gasteiger partial charge in [-0.1, -0.05) is 25.4 Å². The van der Waals surface area contributed by atoms with E-state index in [2.05, 4.69) is 19.2 Å². The monoisotopic (exact) mass is 267 g/mol. The Balaban J connectivity index is 1.88. The number of hydrogen-bond donors (Lipinski definition) is 1. The molecule has 1 amide bonds. The number of nitrogens with one attached hydrogen (secondary N) is 1. The summed E-state index contributed by atoms with van der Waals surface area (Å²) in [4.78, 5) is 11.9. The Labute approximate surface area is 112 Å². The topological polar surface area (TPSA) is 38.3 Å². The molecule has 1 aliphatic rings. The average molecular weight is 268 g/mol. The number of carbonyl (C=O) groups is 1. The maximum atomic E-state index is 11.9. The molecule has 98 valence electrons. The normalized spacial score (nSPS) is 17.4. The second-order valence-corrected chi connectivity index (χ2v) is 5.47. The lowest BCUT2D eigenvalue weighted by Crippen LogP contribution is -2.38. The van der Waals surface area contributed by atoms with Crippen molar-refractivity contribution < 1.29 is 9.53 Å². The summed E-state index contributed by atoms with van der Waals surface area (Å²) in [7, 11) is 0. The second-order valence-electron chi connectivity index (χ2n) is 5.04. The van der Waals surface area contributed by atoms with Crippen molar-refractivity contribution in [1.82, 2.24) is 5.32 Å². The van der Waals surface area contributed by atoms with Gasteiger partial charge in [0.05, 0.1) is 0 Å². The molecule has 1 heterocycles. The molecular weight excluding hydrogens is 250 g/mol. The van der Waals surface area contributed by atoms with Crippen LogP contribution in [0.4, 0.5) is 0 Å². The van der Waals surface area contributed by atoms with Gasteiger partial charge >= 0.3 is 0 Å². The molecule has 2 rings (SSSR count). The zero-order valence-corrected chi connectivity index (χ0v) is 11.5. The van der Waals surface area contributed by atoms with Crippen molar-refractivity contribution >= 4 is 17.5 Å². The van der Waals surface area contributed by atoms with Crippen molar-refractivity contribution in [2.24, 2.45) is 5.92 Å². The van der Waals surface area contributed by atoms with Gasteiger partial charge in [-0.2, -0.15) is 0 Å². The van der Waals surface area contributed by atoms with Crippen molar-refractivity contribution in [1.29, 1.82) is 0 Å². The second kappa shape index (κ2) is 5.61. The quantitative estimate of drug-likeness (QED) is 0.911. The molecule has 1 aromatic rings. The lowest BCUT2D eigenvalue weighted by atomic mass is 10.1. The molecule has 1 N–H and O–H groups in total. The summed E-state index contributed by atoms with van der Waals surface area (Å²) in [6.07, 6.45) is 1.17. The number of hydrogen-bond acceptors (Lipinski definition) is 2. The summed E-state index contributed by atoms with van der Waals surface area (Å²) >= 11 is 5.91. The molecule has 4 heteroatoms. The molecule has 0 aromatic heterocycles. The average Bonchev–Trinajstić information content (AvgIpc) is 2.71. The van der Waals surface area contributed by atoms with Crippen LogP contribution in [0.3, 0.4) is 0 Å². The Morgan fingerprint density at radius 1 is 1.56 bits per heavy atom. The summed E-state index contributed by atoms with van der Waals surface area (Å²) in [6, 6.07) is 5.46. The lowest BCUT2D eigenvalue weighted by Gasteiger charge is -2.12. The van der Waals surface area contributed by atoms with Crippen LogP contribution in [-0.4, -0.2) is 18.6 Å². The zero-order valence-electron chi connectivity index (χ0n) is 10.7. The predicted molar refractivity (Wildman–Crippen MR) is 72.0 cm³/mol. The predicted octanol–water partition coefficient (Wildman–Crippen LogP) is 2.81. The highest BCUT2D eigenvalue weighted by atomic mass is 35.5. The minimum atomic E-state index is -0.411. The van der Waals surface area contributed by atoms with Crippen LogP contribution < -0.4 is 10.1 Å². The van der Waals surface area contributed by atoms with E-state index in [0.717, 1.165) is 17.7 Å². The first-order chi connectivity index (χ1) is 8.56. The zero-order chi connectivity index (χ0) is 13.1. The van der Waals surface area contributed by atoms with E-state index in [-0.39, 0.29) is 5.91 Å². The number of carbonyl (C=O) groups excluding carboxylic acids is 1. The number of ether oxygens (including phenoxy) is 1. The molecule has 1 aromatic carbocycles. The lowest BCUT2D eigenvalue weighted by molar-refractivity contribution is -0.127. The van der Waals surface area contributed by atoms with Crippen LogP contribution >= 0.6 is 11.6 Å². The molecule has 3 nitrogen and oxygen atoms in total. The van der Waals surface area contributed by atoms with Crippen LogP contribution in [0.1, 0.15) is 25.8 Å². The highest BCUT2D eigenvalue weighted by molar-refractivity contribution is 6.30. The molecule has 18 heavy (non-hydrogen) atoms. The molecule has 0 bridgehead atoms. The van der Waals surface area contributed by atoms with E-state index >= 15 is 0 Å². The van der Waals surface area contributed by atoms with Gasteiger partial charge in [0.15, 0.2) is 6.10 Å². The Kier molecular flexibility index (Phi) is 4.12. The van der Waals surface area contributed by atoms with Gasteiger partial charge in [-0.3, -0.25) is 4.79 Å². The largest absolute Gasteiger partial charge is 0.480 e. The fourth-order valence-electron chi connectivity index (χ4n) is 1.96. The van der Waals surface area contributed by atoms with Crippen molar-refractivity contribution in [2.75, 3.05) is 6.54 Å². The van der Waals surface area contributed by atoms with E-state index in [0.29, 0.717) is 23.9 Å². The van der Waals surface area contributed by atoms with Crippen LogP contribution in [0.5, 0.6) is 5.75 Å². The third-order valence-electron chi connectivity index (χ3n) is 3.01. The number of benzene rings is 1. The molecule has 0 fully saturated rings. The van der Waals surface area contributed by atoms with E-state index in [1.807, 2.05) is 12.1 Å². The van der Waals surface area contributed by atoms with E-state index in [1.165, 1.54) is 0 Å². The molecule has 0 aliphatic carbocycles. The smallest absolute Gasteiger partial charge is 0.261 e. The molecule has 1 aliphatic heterocycles. The van der Waals surface area contributed by atoms with Crippen molar-refractivity contribution in [3.63, 3.8) is 0 Å². The number of halogens is 1. The molecule has 0 radical (unpaired) electrons. The summed E-state index contributed by atoms with van der Waals surface area (Å²) in [6.45, 7) is 4.97. The SMILES string of the molecule is CC(C)CCNC(=O)[C@H]1Cc2cc(Cl)ccc2O1. The van der Waals surface area contributed by atoms with E-state index in [1.54, 1.807) is 6.07 Å². The maximum absolute atomic E-state index is 11.9. The highest BCUT2D eigenvalue weighted by Gasteiger charge is 2.28. The van der Waals surface area contributed by atoms with Crippen molar-refractivity contribution in [3.8, 4) is 5.75 Å². The van der Waals surface area contributed by atoms with Gasteiger partial charge in [0.2, 0.25) is 0 Å². The molecule has 1 atom stereocenters. The van der Waals surface area contributed by atoms with Crippen molar-refractivity contribution in [2.45, 2.75) is 32.8 Å².